The minimum Gasteiger partial charge on any atom is -0.398 e. The smallest absolute Gasteiger partial charge is 0.0788 e. The van der Waals surface area contributed by atoms with E-state index < -0.39 is 0 Å². The number of benzene rings is 3. The molecule has 4 aromatic rings. The highest BCUT2D eigenvalue weighted by Gasteiger charge is 2.11. The van der Waals surface area contributed by atoms with Gasteiger partial charge in [0.05, 0.1) is 11.2 Å². The van der Waals surface area contributed by atoms with Crippen molar-refractivity contribution < 1.29 is 0 Å². The molecule has 0 spiro atoms. The van der Waals surface area contributed by atoms with Crippen molar-refractivity contribution in [2.24, 2.45) is 0 Å². The van der Waals surface area contributed by atoms with Crippen LogP contribution >= 0.6 is 0 Å². The van der Waals surface area contributed by atoms with Gasteiger partial charge in [0.1, 0.15) is 0 Å². The summed E-state index contributed by atoms with van der Waals surface area (Å²) in [4.78, 5) is 4.85. The quantitative estimate of drug-likeness (QED) is 0.404. The molecule has 0 aliphatic carbocycles. The number of hydrogen-bond acceptors (Lipinski definition) is 2. The second-order valence-corrected chi connectivity index (χ2v) is 5.11. The van der Waals surface area contributed by atoms with Gasteiger partial charge in [0.15, 0.2) is 0 Å². The minimum atomic E-state index is 0.774. The molecule has 4 rings (SSSR count). The number of nitrogens with two attached hydrogens (primary N) is 1. The summed E-state index contributed by atoms with van der Waals surface area (Å²) >= 11 is 0. The molecule has 0 saturated carbocycles. The van der Waals surface area contributed by atoms with Crippen LogP contribution in [0, 0.1) is 0 Å². The van der Waals surface area contributed by atoms with E-state index in [2.05, 4.69) is 24.3 Å². The number of aromatic nitrogens is 1. The van der Waals surface area contributed by atoms with Crippen molar-refractivity contribution in [2.75, 3.05) is 5.73 Å². The Balaban J connectivity index is 2.21. The first kappa shape index (κ1) is 11.9. The van der Waals surface area contributed by atoms with E-state index in [9.17, 15) is 0 Å². The largest absolute Gasteiger partial charge is 0.398 e. The van der Waals surface area contributed by atoms with Crippen molar-refractivity contribution in [2.45, 2.75) is 0 Å². The zero-order valence-corrected chi connectivity index (χ0v) is 11.5. The molecule has 3 aromatic carbocycles. The molecule has 0 aliphatic heterocycles. The van der Waals surface area contributed by atoms with Gasteiger partial charge in [0.25, 0.3) is 0 Å². The maximum absolute atomic E-state index is 6.17. The van der Waals surface area contributed by atoms with Gasteiger partial charge < -0.3 is 5.73 Å². The van der Waals surface area contributed by atoms with Crippen molar-refractivity contribution >= 4 is 27.4 Å². The van der Waals surface area contributed by atoms with Gasteiger partial charge in [0.2, 0.25) is 0 Å². The predicted octanol–water partition coefficient (Wildman–Crippen LogP) is 4.64. The highest BCUT2D eigenvalue weighted by Crippen LogP contribution is 2.34. The molecule has 0 atom stereocenters. The first-order chi connectivity index (χ1) is 10.3. The van der Waals surface area contributed by atoms with Crippen LogP contribution in [0.5, 0.6) is 0 Å². The van der Waals surface area contributed by atoms with E-state index in [0.717, 1.165) is 38.6 Å². The van der Waals surface area contributed by atoms with Gasteiger partial charge in [-0.2, -0.15) is 0 Å². The van der Waals surface area contributed by atoms with Gasteiger partial charge in [-0.25, -0.2) is 4.98 Å². The lowest BCUT2D eigenvalue weighted by Crippen LogP contribution is -1.93. The van der Waals surface area contributed by atoms with Gasteiger partial charge in [-0.15, -0.1) is 0 Å². The summed E-state index contributed by atoms with van der Waals surface area (Å²) in [6.07, 6.45) is 0. The normalized spacial score (nSPS) is 11.0. The van der Waals surface area contributed by atoms with E-state index >= 15 is 0 Å². The summed E-state index contributed by atoms with van der Waals surface area (Å²) in [6, 6.07) is 24.5. The minimum absolute atomic E-state index is 0.774. The molecule has 2 heteroatoms. The first-order valence-corrected chi connectivity index (χ1v) is 6.97. The van der Waals surface area contributed by atoms with E-state index in [-0.39, 0.29) is 0 Å². The molecule has 0 saturated heterocycles. The molecule has 2 N–H and O–H groups in total. The standard InChI is InChI=1S/C19H14N2/c20-16-11-6-12-17-18(16)14-9-4-5-10-15(14)19(21-17)13-7-2-1-3-8-13/h1-12H,20H2. The summed E-state index contributed by atoms with van der Waals surface area (Å²) in [5.74, 6) is 0. The average Bonchev–Trinajstić information content (AvgIpc) is 2.55. The predicted molar refractivity (Wildman–Crippen MR) is 89.1 cm³/mol. The number of fused-ring (bicyclic) bond motifs is 3. The van der Waals surface area contributed by atoms with Crippen LogP contribution in [0.2, 0.25) is 0 Å². The molecule has 0 bridgehead atoms. The number of rotatable bonds is 1. The topological polar surface area (TPSA) is 38.9 Å². The van der Waals surface area contributed by atoms with Crippen molar-refractivity contribution in [1.82, 2.24) is 4.98 Å². The Kier molecular flexibility index (Phi) is 2.61. The summed E-state index contributed by atoms with van der Waals surface area (Å²) in [5, 5.41) is 3.32. The summed E-state index contributed by atoms with van der Waals surface area (Å²) in [5.41, 5.74) is 10.0. The monoisotopic (exact) mass is 270 g/mol. The second-order valence-electron chi connectivity index (χ2n) is 5.11. The van der Waals surface area contributed by atoms with E-state index in [1.807, 2.05) is 48.5 Å². The Morgan fingerprint density at radius 2 is 1.38 bits per heavy atom. The maximum Gasteiger partial charge on any atom is 0.0788 e. The van der Waals surface area contributed by atoms with E-state index in [4.69, 9.17) is 10.7 Å². The molecule has 1 aromatic heterocycles. The van der Waals surface area contributed by atoms with Gasteiger partial charge in [-0.05, 0) is 17.5 Å². The zero-order valence-electron chi connectivity index (χ0n) is 11.5. The molecule has 2 nitrogen and oxygen atoms in total. The molecular weight excluding hydrogens is 256 g/mol. The second kappa shape index (κ2) is 4.60. The molecule has 0 aliphatic rings. The Labute approximate surface area is 122 Å². The number of nitrogens with zero attached hydrogens (tertiary/aromatic N) is 1. The fourth-order valence-electron chi connectivity index (χ4n) is 2.85. The van der Waals surface area contributed by atoms with Crippen LogP contribution < -0.4 is 5.73 Å². The van der Waals surface area contributed by atoms with Crippen molar-refractivity contribution in [3.05, 3.63) is 72.8 Å². The molecule has 0 radical (unpaired) electrons. The summed E-state index contributed by atoms with van der Waals surface area (Å²) in [6.45, 7) is 0. The molecule has 21 heavy (non-hydrogen) atoms. The van der Waals surface area contributed by atoms with Gasteiger partial charge in [0, 0.05) is 22.0 Å². The van der Waals surface area contributed by atoms with E-state index in [0.29, 0.717) is 0 Å². The summed E-state index contributed by atoms with van der Waals surface area (Å²) < 4.78 is 0. The Hall–Kier alpha value is -2.87. The van der Waals surface area contributed by atoms with Gasteiger partial charge >= 0.3 is 0 Å². The fraction of sp³-hybridized carbons (Fsp3) is 0. The number of pyridine rings is 1. The highest BCUT2D eigenvalue weighted by atomic mass is 14.7. The lowest BCUT2D eigenvalue weighted by molar-refractivity contribution is 1.43. The van der Waals surface area contributed by atoms with Crippen LogP contribution in [-0.2, 0) is 0 Å². The zero-order chi connectivity index (χ0) is 14.2. The average molecular weight is 270 g/mol. The van der Waals surface area contributed by atoms with Crippen LogP contribution in [0.3, 0.4) is 0 Å². The van der Waals surface area contributed by atoms with Crippen molar-refractivity contribution in [3.63, 3.8) is 0 Å². The maximum atomic E-state index is 6.17. The van der Waals surface area contributed by atoms with E-state index in [1.165, 1.54) is 0 Å². The first-order valence-electron chi connectivity index (χ1n) is 6.97. The van der Waals surface area contributed by atoms with Crippen molar-refractivity contribution in [3.8, 4) is 11.3 Å². The van der Waals surface area contributed by atoms with Gasteiger partial charge in [-0.1, -0.05) is 60.7 Å². The van der Waals surface area contributed by atoms with E-state index in [1.54, 1.807) is 0 Å². The molecule has 100 valence electrons. The van der Waals surface area contributed by atoms with Crippen LogP contribution in [0.15, 0.2) is 72.8 Å². The number of hydrogen-bond donors (Lipinski definition) is 1. The van der Waals surface area contributed by atoms with Gasteiger partial charge in [-0.3, -0.25) is 0 Å². The lowest BCUT2D eigenvalue weighted by atomic mass is 9.99. The SMILES string of the molecule is Nc1cccc2nc(-c3ccccc3)c3ccccc3c12. The molecule has 0 amide bonds. The third kappa shape index (κ3) is 1.84. The van der Waals surface area contributed by atoms with Crippen LogP contribution in [0.1, 0.15) is 0 Å². The Morgan fingerprint density at radius 1 is 0.667 bits per heavy atom. The van der Waals surface area contributed by atoms with Crippen molar-refractivity contribution in [1.29, 1.82) is 0 Å². The van der Waals surface area contributed by atoms with Crippen LogP contribution in [0.25, 0.3) is 32.9 Å². The molecular formula is C19H14N2. The molecule has 0 fully saturated rings. The molecule has 0 unspecified atom stereocenters. The molecule has 1 heterocycles. The third-order valence-corrected chi connectivity index (χ3v) is 3.81. The van der Waals surface area contributed by atoms with Crippen LogP contribution in [0.4, 0.5) is 5.69 Å². The van der Waals surface area contributed by atoms with Crippen LogP contribution in [-0.4, -0.2) is 4.98 Å². The Morgan fingerprint density at radius 3 is 2.19 bits per heavy atom. The fourth-order valence-corrected chi connectivity index (χ4v) is 2.85. The number of anilines is 1. The summed E-state index contributed by atoms with van der Waals surface area (Å²) in [7, 11) is 0. The Bertz CT molecular complexity index is 943. The highest BCUT2D eigenvalue weighted by molar-refractivity contribution is 6.15. The number of nitrogen functional groups attached to an aromatic ring is 1. The third-order valence-electron chi connectivity index (χ3n) is 3.81. The lowest BCUT2D eigenvalue weighted by Gasteiger charge is -2.11.